The molecule has 1 unspecified atom stereocenters. The van der Waals surface area contributed by atoms with Crippen molar-refractivity contribution in [3.05, 3.63) is 59.2 Å². The number of hydrogen-bond acceptors (Lipinski definition) is 2. The van der Waals surface area contributed by atoms with Gasteiger partial charge in [0.15, 0.2) is 0 Å². The van der Waals surface area contributed by atoms with Gasteiger partial charge in [-0.25, -0.2) is 0 Å². The predicted molar refractivity (Wildman–Crippen MR) is 70.7 cm³/mol. The van der Waals surface area contributed by atoms with Gasteiger partial charge >= 0.3 is 6.18 Å². The number of halogens is 3. The van der Waals surface area contributed by atoms with Gasteiger partial charge in [-0.05, 0) is 29.3 Å². The highest BCUT2D eigenvalue weighted by molar-refractivity contribution is 7.99. The number of alkyl halides is 3. The first-order chi connectivity index (χ1) is 9.45. The summed E-state index contributed by atoms with van der Waals surface area (Å²) in [7, 11) is 0. The minimum Gasteiger partial charge on any atom is -0.388 e. The van der Waals surface area contributed by atoms with E-state index in [2.05, 4.69) is 0 Å². The first-order valence-corrected chi connectivity index (χ1v) is 6.92. The van der Waals surface area contributed by atoms with E-state index in [4.69, 9.17) is 0 Å². The molecule has 0 aromatic heterocycles. The second-order valence-corrected chi connectivity index (χ2v) is 5.76. The van der Waals surface area contributed by atoms with Crippen LogP contribution in [-0.2, 0) is 12.6 Å². The maximum Gasteiger partial charge on any atom is 0.416 e. The molecule has 2 aromatic rings. The quantitative estimate of drug-likeness (QED) is 0.775. The lowest BCUT2D eigenvalue weighted by atomic mass is 10.0. The Labute approximate surface area is 118 Å². The lowest BCUT2D eigenvalue weighted by Crippen LogP contribution is -2.07. The zero-order valence-corrected chi connectivity index (χ0v) is 11.1. The van der Waals surface area contributed by atoms with E-state index in [0.717, 1.165) is 22.6 Å². The van der Waals surface area contributed by atoms with E-state index in [1.54, 1.807) is 0 Å². The summed E-state index contributed by atoms with van der Waals surface area (Å²) in [5, 5.41) is 10.2. The Kier molecular flexibility index (Phi) is 3.26. The van der Waals surface area contributed by atoms with Crippen LogP contribution in [0.4, 0.5) is 13.2 Å². The normalized spacial score (nSPS) is 18.1. The fourth-order valence-electron chi connectivity index (χ4n) is 2.28. The monoisotopic (exact) mass is 296 g/mol. The van der Waals surface area contributed by atoms with E-state index in [0.29, 0.717) is 16.9 Å². The minimum atomic E-state index is -4.37. The van der Waals surface area contributed by atoms with Gasteiger partial charge in [-0.3, -0.25) is 0 Å². The Bertz CT molecular complexity index is 652. The van der Waals surface area contributed by atoms with Crippen molar-refractivity contribution in [1.82, 2.24) is 0 Å². The molecule has 1 heterocycles. The number of fused-ring (bicyclic) bond motifs is 2. The maximum absolute atomic E-state index is 12.8. The molecule has 1 atom stereocenters. The van der Waals surface area contributed by atoms with Crippen molar-refractivity contribution in [2.45, 2.75) is 28.5 Å². The first-order valence-electron chi connectivity index (χ1n) is 6.10. The van der Waals surface area contributed by atoms with Gasteiger partial charge in [0.25, 0.3) is 0 Å². The Hall–Kier alpha value is -1.46. The summed E-state index contributed by atoms with van der Waals surface area (Å²) < 4.78 is 38.3. The van der Waals surface area contributed by atoms with E-state index in [-0.39, 0.29) is 0 Å². The van der Waals surface area contributed by atoms with E-state index in [1.165, 1.54) is 17.8 Å². The fourth-order valence-corrected chi connectivity index (χ4v) is 3.46. The predicted octanol–water partition coefficient (Wildman–Crippen LogP) is 4.45. The summed E-state index contributed by atoms with van der Waals surface area (Å²) in [6.07, 6.45) is -4.73. The zero-order valence-electron chi connectivity index (χ0n) is 10.3. The van der Waals surface area contributed by atoms with Crippen molar-refractivity contribution in [2.24, 2.45) is 0 Å². The van der Waals surface area contributed by atoms with Crippen molar-refractivity contribution in [1.29, 1.82) is 0 Å². The van der Waals surface area contributed by atoms with Gasteiger partial charge in [0.2, 0.25) is 0 Å². The molecule has 5 heteroatoms. The highest BCUT2D eigenvalue weighted by atomic mass is 32.2. The molecule has 0 bridgehead atoms. The summed E-state index contributed by atoms with van der Waals surface area (Å²) in [6, 6.07) is 11.0. The van der Waals surface area contributed by atoms with Crippen LogP contribution in [-0.4, -0.2) is 5.11 Å². The maximum atomic E-state index is 12.8. The second kappa shape index (κ2) is 4.82. The zero-order chi connectivity index (χ0) is 14.3. The number of benzene rings is 2. The van der Waals surface area contributed by atoms with Crippen LogP contribution in [0, 0.1) is 0 Å². The molecule has 1 N–H and O–H groups in total. The van der Waals surface area contributed by atoms with Crippen LogP contribution in [0.25, 0.3) is 0 Å². The van der Waals surface area contributed by atoms with E-state index in [1.807, 2.05) is 24.3 Å². The van der Waals surface area contributed by atoms with Gasteiger partial charge in [-0.2, -0.15) is 13.2 Å². The number of rotatable bonds is 0. The molecular weight excluding hydrogens is 285 g/mol. The third kappa shape index (κ3) is 2.43. The van der Waals surface area contributed by atoms with E-state index in [9.17, 15) is 18.3 Å². The summed E-state index contributed by atoms with van der Waals surface area (Å²) >= 11 is 1.28. The third-order valence-electron chi connectivity index (χ3n) is 3.31. The molecule has 3 rings (SSSR count). The van der Waals surface area contributed by atoms with Crippen molar-refractivity contribution in [3.63, 3.8) is 0 Å². The van der Waals surface area contributed by atoms with Crippen LogP contribution >= 0.6 is 11.8 Å². The average molecular weight is 296 g/mol. The molecular formula is C15H11F3OS. The molecule has 2 aromatic carbocycles. The molecule has 0 radical (unpaired) electrons. The lowest BCUT2D eigenvalue weighted by molar-refractivity contribution is -0.137. The smallest absolute Gasteiger partial charge is 0.388 e. The standard InChI is InChI=1S/C15H11F3OS/c16-15(17,18)10-5-6-11-12(19)7-9-3-1-2-4-13(9)20-14(11)8-10/h1-6,8,12,19H,7H2. The summed E-state index contributed by atoms with van der Waals surface area (Å²) in [5.41, 5.74) is 0.823. The number of hydrogen-bond donors (Lipinski definition) is 1. The van der Waals surface area contributed by atoms with Gasteiger partial charge in [-0.1, -0.05) is 36.0 Å². The van der Waals surface area contributed by atoms with Crippen molar-refractivity contribution >= 4 is 11.8 Å². The molecule has 0 spiro atoms. The SMILES string of the molecule is OC1Cc2ccccc2Sc2cc(C(F)(F)F)ccc21. The third-order valence-corrected chi connectivity index (χ3v) is 4.50. The van der Waals surface area contributed by atoms with Crippen LogP contribution < -0.4 is 0 Å². The van der Waals surface area contributed by atoms with Crippen LogP contribution in [0.1, 0.15) is 22.8 Å². The molecule has 0 aliphatic carbocycles. The highest BCUT2D eigenvalue weighted by Crippen LogP contribution is 2.43. The van der Waals surface area contributed by atoms with E-state index >= 15 is 0 Å². The molecule has 20 heavy (non-hydrogen) atoms. The van der Waals surface area contributed by atoms with Gasteiger partial charge < -0.3 is 5.11 Å². The first kappa shape index (κ1) is 13.5. The van der Waals surface area contributed by atoms with Gasteiger partial charge in [-0.15, -0.1) is 0 Å². The average Bonchev–Trinajstić information content (AvgIpc) is 2.53. The van der Waals surface area contributed by atoms with Crippen molar-refractivity contribution in [3.8, 4) is 0 Å². The van der Waals surface area contributed by atoms with Crippen LogP contribution in [0.15, 0.2) is 52.3 Å². The number of aliphatic hydroxyl groups is 1. The molecule has 104 valence electrons. The highest BCUT2D eigenvalue weighted by Gasteiger charge is 2.32. The van der Waals surface area contributed by atoms with Gasteiger partial charge in [0, 0.05) is 16.2 Å². The summed E-state index contributed by atoms with van der Waals surface area (Å²) in [4.78, 5) is 1.36. The number of aliphatic hydroxyl groups excluding tert-OH is 1. The second-order valence-electron chi connectivity index (χ2n) is 4.68. The Balaban J connectivity index is 2.11. The summed E-state index contributed by atoms with van der Waals surface area (Å²) in [5.74, 6) is 0. The molecule has 0 saturated heterocycles. The molecule has 1 nitrogen and oxygen atoms in total. The molecule has 0 fully saturated rings. The van der Waals surface area contributed by atoms with Gasteiger partial charge in [0.05, 0.1) is 11.7 Å². The largest absolute Gasteiger partial charge is 0.416 e. The van der Waals surface area contributed by atoms with Crippen molar-refractivity contribution < 1.29 is 18.3 Å². The van der Waals surface area contributed by atoms with Crippen molar-refractivity contribution in [2.75, 3.05) is 0 Å². The molecule has 0 saturated carbocycles. The van der Waals surface area contributed by atoms with Crippen LogP contribution in [0.2, 0.25) is 0 Å². The van der Waals surface area contributed by atoms with Crippen LogP contribution in [0.3, 0.4) is 0 Å². The topological polar surface area (TPSA) is 20.2 Å². The molecule has 1 aliphatic heterocycles. The van der Waals surface area contributed by atoms with Gasteiger partial charge in [0.1, 0.15) is 0 Å². The Morgan fingerprint density at radius 3 is 2.55 bits per heavy atom. The molecule has 0 amide bonds. The van der Waals surface area contributed by atoms with E-state index < -0.39 is 17.8 Å². The fraction of sp³-hybridized carbons (Fsp3) is 0.200. The molecule has 1 aliphatic rings. The van der Waals surface area contributed by atoms with Crippen LogP contribution in [0.5, 0.6) is 0 Å². The Morgan fingerprint density at radius 2 is 1.80 bits per heavy atom. The lowest BCUT2D eigenvalue weighted by Gasteiger charge is -2.14. The Morgan fingerprint density at radius 1 is 1.05 bits per heavy atom. The summed E-state index contributed by atoms with van der Waals surface area (Å²) in [6.45, 7) is 0. The minimum absolute atomic E-state index is 0.418.